The minimum absolute atomic E-state index is 0. The first kappa shape index (κ1) is 23.7. The first-order valence-electron chi connectivity index (χ1n) is 10.5. The van der Waals surface area contributed by atoms with Crippen molar-refractivity contribution in [3.8, 4) is 0 Å². The lowest BCUT2D eigenvalue weighted by atomic mass is 10.2. The highest BCUT2D eigenvalue weighted by molar-refractivity contribution is 7.96. The minimum atomic E-state index is -2.26. The molecule has 0 aliphatic carbocycles. The maximum atomic E-state index is 13.7. The molecule has 4 heteroatoms. The maximum absolute atomic E-state index is 13.7. The third kappa shape index (κ3) is 4.63. The van der Waals surface area contributed by atoms with Crippen molar-refractivity contribution in [2.24, 2.45) is 0 Å². The van der Waals surface area contributed by atoms with Gasteiger partial charge in [-0.2, -0.15) is 0 Å². The molecule has 0 fully saturated rings. The van der Waals surface area contributed by atoms with Crippen molar-refractivity contribution in [1.82, 2.24) is 0 Å². The number of anilines is 1. The van der Waals surface area contributed by atoms with E-state index < -0.39 is 7.26 Å². The molecule has 0 heterocycles. The van der Waals surface area contributed by atoms with Gasteiger partial charge in [0.25, 0.3) is 0 Å². The van der Waals surface area contributed by atoms with Gasteiger partial charge in [0.2, 0.25) is 5.78 Å². The van der Waals surface area contributed by atoms with Gasteiger partial charge in [0.15, 0.2) is 0 Å². The summed E-state index contributed by atoms with van der Waals surface area (Å²) in [4.78, 5) is 15.8. The number of Topliss-reactive ketones (excluding diaryl/α,β-unsaturated/α-hetero) is 1. The Morgan fingerprint density at radius 1 is 0.656 bits per heavy atom. The van der Waals surface area contributed by atoms with Crippen molar-refractivity contribution in [2.75, 3.05) is 25.2 Å². The second kappa shape index (κ2) is 10.6. The second-order valence-electron chi connectivity index (χ2n) is 7.81. The van der Waals surface area contributed by atoms with Gasteiger partial charge in [-0.1, -0.05) is 78.9 Å². The number of ketones is 1. The minimum Gasteiger partial charge on any atom is -1.00 e. The van der Waals surface area contributed by atoms with Crippen molar-refractivity contribution in [2.45, 2.75) is 0 Å². The maximum Gasteiger partial charge on any atom is 0.201 e. The van der Waals surface area contributed by atoms with E-state index in [0.29, 0.717) is 6.16 Å². The summed E-state index contributed by atoms with van der Waals surface area (Å²) < 4.78 is 0. The molecule has 4 aromatic carbocycles. The van der Waals surface area contributed by atoms with Gasteiger partial charge < -0.3 is 17.3 Å². The molecule has 0 aliphatic rings. The van der Waals surface area contributed by atoms with Crippen LogP contribution in [0.5, 0.6) is 0 Å². The van der Waals surface area contributed by atoms with Crippen molar-refractivity contribution in [1.29, 1.82) is 0 Å². The molecule has 162 valence electrons. The number of halogens is 1. The number of carbonyl (C=O) groups is 1. The zero-order valence-electron chi connectivity index (χ0n) is 18.4. The molecule has 0 aliphatic heterocycles. The molecule has 0 saturated heterocycles. The molecular weight excluding hydrogens is 433 g/mol. The monoisotopic (exact) mass is 459 g/mol. The number of carbonyl (C=O) groups excluding carboxylic acids is 1. The Morgan fingerprint density at radius 2 is 1.09 bits per heavy atom. The fourth-order valence-electron chi connectivity index (χ4n) is 4.16. The summed E-state index contributed by atoms with van der Waals surface area (Å²) in [5.74, 6) is 0.176. The molecule has 4 rings (SSSR count). The third-order valence-corrected chi connectivity index (χ3v) is 9.97. The first-order valence-corrected chi connectivity index (χ1v) is 12.4. The molecule has 0 bridgehead atoms. The van der Waals surface area contributed by atoms with Crippen LogP contribution in [0, 0.1) is 0 Å². The number of benzene rings is 4. The van der Waals surface area contributed by atoms with Crippen LogP contribution in [-0.4, -0.2) is 26.0 Å². The fourth-order valence-corrected chi connectivity index (χ4v) is 8.53. The highest BCUT2D eigenvalue weighted by Crippen LogP contribution is 2.57. The number of para-hydroxylation sites is 1. The summed E-state index contributed by atoms with van der Waals surface area (Å²) in [5, 5.41) is 3.68. The van der Waals surface area contributed by atoms with E-state index in [9.17, 15) is 4.79 Å². The molecule has 0 radical (unpaired) electrons. The summed E-state index contributed by atoms with van der Waals surface area (Å²) in [6, 6.07) is 39.4. The topological polar surface area (TPSA) is 20.3 Å². The van der Waals surface area contributed by atoms with Crippen LogP contribution in [0.25, 0.3) is 0 Å². The standard InChI is InChI=1S/C28H27NOP.ClH/c1-29(2)26-20-12-13-21-28(26)31(24-16-8-4-9-17-24,25-18-10-5-11-19-25)22-27(30)23-14-6-3-7-15-23;/h3-21H,22H2,1-2H3;1H/q+1;/p-1. The summed E-state index contributed by atoms with van der Waals surface area (Å²) in [7, 11) is 1.89. The van der Waals surface area contributed by atoms with E-state index in [0.717, 1.165) is 11.3 Å². The highest BCUT2D eigenvalue weighted by atomic mass is 35.5. The number of nitrogens with zero attached hydrogens (tertiary/aromatic N) is 1. The fraction of sp³-hybridized carbons (Fsp3) is 0.107. The molecule has 2 nitrogen and oxygen atoms in total. The Bertz CT molecular complexity index is 1110. The van der Waals surface area contributed by atoms with E-state index in [1.807, 2.05) is 42.5 Å². The lowest BCUT2D eigenvalue weighted by Gasteiger charge is -2.30. The summed E-state index contributed by atoms with van der Waals surface area (Å²) in [5.41, 5.74) is 1.92. The van der Waals surface area contributed by atoms with Crippen LogP contribution in [-0.2, 0) is 0 Å². The third-order valence-electron chi connectivity index (χ3n) is 5.65. The largest absolute Gasteiger partial charge is 1.00 e. The number of hydrogen-bond donors (Lipinski definition) is 0. The van der Waals surface area contributed by atoms with Gasteiger partial charge in [0.1, 0.15) is 29.3 Å². The smallest absolute Gasteiger partial charge is 0.201 e. The summed E-state index contributed by atoms with van der Waals surface area (Å²) in [6.07, 6.45) is 0.454. The molecule has 32 heavy (non-hydrogen) atoms. The zero-order chi connectivity index (χ0) is 21.7. The molecule has 4 aromatic rings. The van der Waals surface area contributed by atoms with E-state index in [1.54, 1.807) is 0 Å². The molecule has 0 spiro atoms. The van der Waals surface area contributed by atoms with Crippen LogP contribution in [0.4, 0.5) is 5.69 Å². The average molecular weight is 460 g/mol. The summed E-state index contributed by atoms with van der Waals surface area (Å²) in [6.45, 7) is 0. The van der Waals surface area contributed by atoms with Gasteiger partial charge in [-0.3, -0.25) is 4.79 Å². The van der Waals surface area contributed by atoms with Crippen molar-refractivity contribution >= 4 is 34.6 Å². The van der Waals surface area contributed by atoms with Crippen LogP contribution in [0.2, 0.25) is 0 Å². The van der Waals surface area contributed by atoms with Gasteiger partial charge in [-0.25, -0.2) is 0 Å². The molecule has 0 amide bonds. The lowest BCUT2D eigenvalue weighted by Crippen LogP contribution is -3.00. The Hall–Kier alpha value is -2.93. The normalized spacial score (nSPS) is 10.8. The van der Waals surface area contributed by atoms with Crippen LogP contribution in [0.15, 0.2) is 115 Å². The Kier molecular flexibility index (Phi) is 7.85. The van der Waals surface area contributed by atoms with E-state index in [4.69, 9.17) is 0 Å². The van der Waals surface area contributed by atoms with Crippen molar-refractivity contribution < 1.29 is 17.2 Å². The van der Waals surface area contributed by atoms with Gasteiger partial charge in [-0.05, 0) is 36.4 Å². The summed E-state index contributed by atoms with van der Waals surface area (Å²) >= 11 is 0. The van der Waals surface area contributed by atoms with Crippen LogP contribution < -0.4 is 33.2 Å². The van der Waals surface area contributed by atoms with E-state index in [-0.39, 0.29) is 18.2 Å². The first-order chi connectivity index (χ1) is 15.1. The van der Waals surface area contributed by atoms with Crippen LogP contribution in [0.1, 0.15) is 10.4 Å². The van der Waals surface area contributed by atoms with Gasteiger partial charge in [0.05, 0.1) is 5.69 Å². The Labute approximate surface area is 197 Å². The van der Waals surface area contributed by atoms with Crippen LogP contribution in [0.3, 0.4) is 0 Å². The molecule has 0 unspecified atom stereocenters. The Balaban J connectivity index is 0.00000289. The van der Waals surface area contributed by atoms with E-state index in [2.05, 4.69) is 91.8 Å². The number of rotatable bonds is 7. The van der Waals surface area contributed by atoms with Gasteiger partial charge >= 0.3 is 0 Å². The average Bonchev–Trinajstić information content (AvgIpc) is 2.84. The Morgan fingerprint density at radius 3 is 1.59 bits per heavy atom. The van der Waals surface area contributed by atoms with Gasteiger partial charge in [0, 0.05) is 19.7 Å². The predicted molar refractivity (Wildman–Crippen MR) is 135 cm³/mol. The quantitative estimate of drug-likeness (QED) is 0.311. The SMILES string of the molecule is CN(C)c1ccccc1[P+](CC(=O)c1ccccc1)(c1ccccc1)c1ccccc1.[Cl-]. The molecule has 0 aromatic heterocycles. The molecular formula is C28H27ClNOP. The van der Waals surface area contributed by atoms with Crippen molar-refractivity contribution in [3.05, 3.63) is 121 Å². The highest BCUT2D eigenvalue weighted by Gasteiger charge is 2.49. The molecule has 0 saturated carbocycles. The zero-order valence-corrected chi connectivity index (χ0v) is 20.0. The van der Waals surface area contributed by atoms with Gasteiger partial charge in [-0.15, -0.1) is 0 Å². The van der Waals surface area contributed by atoms with Crippen molar-refractivity contribution in [3.63, 3.8) is 0 Å². The number of hydrogen-bond acceptors (Lipinski definition) is 2. The molecule has 0 atom stereocenters. The van der Waals surface area contributed by atoms with E-state index >= 15 is 0 Å². The van der Waals surface area contributed by atoms with Crippen LogP contribution >= 0.6 is 7.26 Å². The second-order valence-corrected chi connectivity index (χ2v) is 11.3. The lowest BCUT2D eigenvalue weighted by molar-refractivity contribution is -0.0000139. The van der Waals surface area contributed by atoms with E-state index in [1.165, 1.54) is 15.9 Å². The predicted octanol–water partition coefficient (Wildman–Crippen LogP) is 1.93. The molecule has 0 N–H and O–H groups in total.